The van der Waals surface area contributed by atoms with Gasteiger partial charge >= 0.3 is 5.69 Å². The van der Waals surface area contributed by atoms with Crippen LogP contribution in [0.5, 0.6) is 5.75 Å². The highest BCUT2D eigenvalue weighted by molar-refractivity contribution is 6.03. The van der Waals surface area contributed by atoms with E-state index in [9.17, 15) is 14.9 Å². The lowest BCUT2D eigenvalue weighted by Gasteiger charge is -2.07. The van der Waals surface area contributed by atoms with Crippen LogP contribution >= 0.6 is 0 Å². The molecule has 1 N–H and O–H groups in total. The van der Waals surface area contributed by atoms with Gasteiger partial charge in [-0.15, -0.1) is 0 Å². The molecule has 0 radical (unpaired) electrons. The molecule has 2 aromatic rings. The fourth-order valence-electron chi connectivity index (χ4n) is 1.76. The topological polar surface area (TPSA) is 125 Å². The molecular weight excluding hydrogens is 292 g/mol. The van der Waals surface area contributed by atoms with Gasteiger partial charge in [0.05, 0.1) is 11.5 Å². The Bertz CT molecular complexity index is 699. The minimum Gasteiger partial charge on any atom is -0.487 e. The summed E-state index contributed by atoms with van der Waals surface area (Å²) in [6.45, 7) is 4.30. The summed E-state index contributed by atoms with van der Waals surface area (Å²) >= 11 is 0. The molecule has 0 aliphatic carbocycles. The van der Waals surface area contributed by atoms with Crippen LogP contribution in [0.4, 0.5) is 11.6 Å². The summed E-state index contributed by atoms with van der Waals surface area (Å²) in [5, 5.41) is 24.3. The molecule has 0 bridgehead atoms. The third-order valence-electron chi connectivity index (χ3n) is 2.77. The fraction of sp³-hybridized carbons (Fsp3) is 0.333. The van der Waals surface area contributed by atoms with Crippen LogP contribution in [0.15, 0.2) is 18.2 Å². The Kier molecular flexibility index (Phi) is 4.61. The van der Waals surface area contributed by atoms with Crippen LogP contribution in [0.1, 0.15) is 24.2 Å². The van der Waals surface area contributed by atoms with E-state index in [1.54, 1.807) is 6.92 Å². The standard InChI is InChI=1S/C12H14N6O4/c1-3-17-12(14-15-16-17)13-11(19)8-5-6-10(22-4-2)9(7-8)18(20)21/h5-7H,3-4H2,1-2H3,(H,13,14,16,19). The second-order valence-corrected chi connectivity index (χ2v) is 4.15. The lowest BCUT2D eigenvalue weighted by atomic mass is 10.1. The van der Waals surface area contributed by atoms with Crippen LogP contribution in [0.2, 0.25) is 0 Å². The van der Waals surface area contributed by atoms with Crippen LogP contribution < -0.4 is 10.1 Å². The van der Waals surface area contributed by atoms with Gasteiger partial charge in [0.2, 0.25) is 5.95 Å². The van der Waals surface area contributed by atoms with Crippen LogP contribution in [0, 0.1) is 10.1 Å². The lowest BCUT2D eigenvalue weighted by molar-refractivity contribution is -0.385. The third-order valence-corrected chi connectivity index (χ3v) is 2.77. The largest absolute Gasteiger partial charge is 0.487 e. The summed E-state index contributed by atoms with van der Waals surface area (Å²) in [5.41, 5.74) is -0.162. The van der Waals surface area contributed by atoms with Crippen molar-refractivity contribution in [2.45, 2.75) is 20.4 Å². The Hall–Kier alpha value is -3.04. The number of hydrogen-bond acceptors (Lipinski definition) is 7. The molecule has 0 unspecified atom stereocenters. The molecule has 10 nitrogen and oxygen atoms in total. The van der Waals surface area contributed by atoms with Crippen LogP contribution in [-0.4, -0.2) is 37.6 Å². The maximum atomic E-state index is 12.1. The van der Waals surface area contributed by atoms with Gasteiger partial charge in [0.1, 0.15) is 0 Å². The van der Waals surface area contributed by atoms with E-state index in [-0.39, 0.29) is 29.6 Å². The molecule has 0 fully saturated rings. The van der Waals surface area contributed by atoms with E-state index < -0.39 is 10.8 Å². The quantitative estimate of drug-likeness (QED) is 0.628. The smallest absolute Gasteiger partial charge is 0.311 e. The fourth-order valence-corrected chi connectivity index (χ4v) is 1.76. The van der Waals surface area contributed by atoms with Crippen LogP contribution in [0.3, 0.4) is 0 Å². The van der Waals surface area contributed by atoms with E-state index in [2.05, 4.69) is 20.8 Å². The van der Waals surface area contributed by atoms with Crippen molar-refractivity contribution in [1.29, 1.82) is 0 Å². The Labute approximate surface area is 125 Å². The number of nitrogens with one attached hydrogen (secondary N) is 1. The van der Waals surface area contributed by atoms with Gasteiger partial charge in [-0.3, -0.25) is 20.2 Å². The second-order valence-electron chi connectivity index (χ2n) is 4.15. The number of rotatable bonds is 6. The predicted octanol–water partition coefficient (Wildman–Crippen LogP) is 1.25. The highest BCUT2D eigenvalue weighted by Crippen LogP contribution is 2.28. The molecular formula is C12H14N6O4. The molecule has 1 amide bonds. The Morgan fingerprint density at radius 1 is 1.45 bits per heavy atom. The van der Waals surface area contributed by atoms with Gasteiger partial charge in [0.25, 0.3) is 5.91 Å². The first-order valence-corrected chi connectivity index (χ1v) is 6.55. The maximum absolute atomic E-state index is 12.1. The molecule has 10 heteroatoms. The predicted molar refractivity (Wildman–Crippen MR) is 75.7 cm³/mol. The summed E-state index contributed by atoms with van der Waals surface area (Å²) in [6.07, 6.45) is 0. The van der Waals surface area contributed by atoms with E-state index in [1.807, 2.05) is 6.92 Å². The number of aromatic nitrogens is 4. The van der Waals surface area contributed by atoms with Gasteiger partial charge in [-0.05, 0) is 36.4 Å². The number of carbonyl (C=O) groups excluding carboxylic acids is 1. The molecule has 22 heavy (non-hydrogen) atoms. The minimum atomic E-state index is -0.599. The molecule has 1 aromatic heterocycles. The van der Waals surface area contributed by atoms with Crippen molar-refractivity contribution in [2.24, 2.45) is 0 Å². The molecule has 0 saturated carbocycles. The van der Waals surface area contributed by atoms with Crippen molar-refractivity contribution in [3.63, 3.8) is 0 Å². The third kappa shape index (κ3) is 3.16. The van der Waals surface area contributed by atoms with Gasteiger partial charge in [-0.1, -0.05) is 5.10 Å². The number of carbonyl (C=O) groups is 1. The highest BCUT2D eigenvalue weighted by Gasteiger charge is 2.19. The molecule has 0 saturated heterocycles. The normalized spacial score (nSPS) is 10.3. The number of ether oxygens (including phenoxy) is 1. The van der Waals surface area contributed by atoms with E-state index in [4.69, 9.17) is 4.74 Å². The first-order chi connectivity index (χ1) is 10.6. The van der Waals surface area contributed by atoms with Crippen molar-refractivity contribution < 1.29 is 14.5 Å². The van der Waals surface area contributed by atoms with Crippen LogP contribution in [-0.2, 0) is 6.54 Å². The van der Waals surface area contributed by atoms with Gasteiger partial charge < -0.3 is 4.74 Å². The molecule has 116 valence electrons. The molecule has 0 aliphatic rings. The zero-order valence-corrected chi connectivity index (χ0v) is 12.0. The van der Waals surface area contributed by atoms with E-state index in [1.165, 1.54) is 16.8 Å². The molecule has 2 rings (SSSR count). The van der Waals surface area contributed by atoms with E-state index >= 15 is 0 Å². The molecule has 1 aromatic carbocycles. The van der Waals surface area contributed by atoms with Gasteiger partial charge in [0.15, 0.2) is 5.75 Å². The van der Waals surface area contributed by atoms with Crippen molar-refractivity contribution in [3.8, 4) is 5.75 Å². The summed E-state index contributed by atoms with van der Waals surface area (Å²) in [4.78, 5) is 22.6. The lowest BCUT2D eigenvalue weighted by Crippen LogP contribution is -2.16. The van der Waals surface area contributed by atoms with Crippen molar-refractivity contribution in [1.82, 2.24) is 20.2 Å². The first kappa shape index (κ1) is 15.4. The SMILES string of the molecule is CCOc1ccc(C(=O)Nc2nnnn2CC)cc1[N+](=O)[O-]. The number of benzene rings is 1. The van der Waals surface area contributed by atoms with Crippen LogP contribution in [0.25, 0.3) is 0 Å². The van der Waals surface area contributed by atoms with Crippen molar-refractivity contribution in [2.75, 3.05) is 11.9 Å². The van der Waals surface area contributed by atoms with Crippen molar-refractivity contribution in [3.05, 3.63) is 33.9 Å². The monoisotopic (exact) mass is 306 g/mol. The van der Waals surface area contributed by atoms with E-state index in [0.717, 1.165) is 6.07 Å². The molecule has 0 atom stereocenters. The average molecular weight is 306 g/mol. The minimum absolute atomic E-state index is 0.112. The number of tetrazole rings is 1. The summed E-state index contributed by atoms with van der Waals surface area (Å²) in [5.74, 6) is -0.262. The average Bonchev–Trinajstić information content (AvgIpc) is 2.94. The number of nitro benzene ring substituents is 1. The number of anilines is 1. The van der Waals surface area contributed by atoms with Gasteiger partial charge in [-0.2, -0.15) is 0 Å². The van der Waals surface area contributed by atoms with Crippen molar-refractivity contribution >= 4 is 17.5 Å². The Morgan fingerprint density at radius 2 is 2.23 bits per heavy atom. The molecule has 0 aliphatic heterocycles. The number of nitrogens with zero attached hydrogens (tertiary/aromatic N) is 5. The van der Waals surface area contributed by atoms with E-state index in [0.29, 0.717) is 6.54 Å². The Morgan fingerprint density at radius 3 is 2.86 bits per heavy atom. The number of nitro groups is 1. The highest BCUT2D eigenvalue weighted by atomic mass is 16.6. The number of amides is 1. The molecule has 0 spiro atoms. The zero-order valence-electron chi connectivity index (χ0n) is 12.0. The summed E-state index contributed by atoms with van der Waals surface area (Å²) in [7, 11) is 0. The summed E-state index contributed by atoms with van der Waals surface area (Å²) < 4.78 is 6.56. The molecule has 1 heterocycles. The second kappa shape index (κ2) is 6.61. The Balaban J connectivity index is 2.26. The first-order valence-electron chi connectivity index (χ1n) is 6.55. The number of hydrogen-bond donors (Lipinski definition) is 1. The zero-order chi connectivity index (χ0) is 16.1. The van der Waals surface area contributed by atoms with Gasteiger partial charge in [0, 0.05) is 18.2 Å². The maximum Gasteiger partial charge on any atom is 0.311 e. The van der Waals surface area contributed by atoms with Gasteiger partial charge in [-0.25, -0.2) is 4.68 Å². The summed E-state index contributed by atoms with van der Waals surface area (Å²) in [6, 6.07) is 3.98. The number of aryl methyl sites for hydroxylation is 1.